The van der Waals surface area contributed by atoms with Crippen molar-refractivity contribution < 1.29 is 9.53 Å². The normalized spacial score (nSPS) is 27.7. The topological polar surface area (TPSA) is 26.3 Å². The molecule has 74 valence electrons. The van der Waals surface area contributed by atoms with Crippen molar-refractivity contribution in [1.82, 2.24) is 0 Å². The van der Waals surface area contributed by atoms with Crippen LogP contribution in [0.5, 0.6) is 0 Å². The molecule has 1 aliphatic rings. The molecule has 0 saturated carbocycles. The van der Waals surface area contributed by atoms with Gasteiger partial charge >= 0.3 is 5.97 Å². The van der Waals surface area contributed by atoms with Gasteiger partial charge in [-0.3, -0.25) is 4.79 Å². The van der Waals surface area contributed by atoms with Crippen LogP contribution >= 0.6 is 0 Å². The summed E-state index contributed by atoms with van der Waals surface area (Å²) in [6.07, 6.45) is 6.12. The second-order valence-corrected chi connectivity index (χ2v) is 4.03. The van der Waals surface area contributed by atoms with Gasteiger partial charge in [0.1, 0.15) is 0 Å². The van der Waals surface area contributed by atoms with Crippen molar-refractivity contribution in [2.45, 2.75) is 26.7 Å². The SMILES string of the molecule is COC(=O)[C@H]1CC=C[C@@H](C(C)C)C1. The van der Waals surface area contributed by atoms with Crippen LogP contribution in [0, 0.1) is 17.8 Å². The molecule has 0 heterocycles. The number of carbonyl (C=O) groups excluding carboxylic acids is 1. The number of hydrogen-bond donors (Lipinski definition) is 0. The molecule has 1 rings (SSSR count). The van der Waals surface area contributed by atoms with Gasteiger partial charge in [0.15, 0.2) is 0 Å². The second-order valence-electron chi connectivity index (χ2n) is 4.03. The molecule has 0 amide bonds. The van der Waals surface area contributed by atoms with Gasteiger partial charge in [0, 0.05) is 0 Å². The van der Waals surface area contributed by atoms with Crippen LogP contribution in [0.25, 0.3) is 0 Å². The molecule has 0 fully saturated rings. The van der Waals surface area contributed by atoms with Gasteiger partial charge < -0.3 is 4.74 Å². The predicted molar refractivity (Wildman–Crippen MR) is 52.2 cm³/mol. The lowest BCUT2D eigenvalue weighted by Crippen LogP contribution is -2.23. The van der Waals surface area contributed by atoms with Crippen LogP contribution in [0.4, 0.5) is 0 Å². The third kappa shape index (κ3) is 2.58. The molecular weight excluding hydrogens is 164 g/mol. The second kappa shape index (κ2) is 4.45. The standard InChI is InChI=1S/C11H18O2/c1-8(2)9-5-4-6-10(7-9)11(12)13-3/h4-5,8-10H,6-7H2,1-3H3/t9-,10+/m1/s1. The predicted octanol–water partition coefficient (Wildman–Crippen LogP) is 2.40. The van der Waals surface area contributed by atoms with Crippen molar-refractivity contribution in [3.63, 3.8) is 0 Å². The van der Waals surface area contributed by atoms with E-state index >= 15 is 0 Å². The van der Waals surface area contributed by atoms with Crippen molar-refractivity contribution in [2.24, 2.45) is 17.8 Å². The average Bonchev–Trinajstić information content (AvgIpc) is 2.17. The minimum atomic E-state index is -0.0602. The third-order valence-electron chi connectivity index (χ3n) is 2.75. The summed E-state index contributed by atoms with van der Waals surface area (Å²) in [6.45, 7) is 4.38. The molecule has 2 atom stereocenters. The minimum absolute atomic E-state index is 0.0602. The third-order valence-corrected chi connectivity index (χ3v) is 2.75. The number of rotatable bonds is 2. The van der Waals surface area contributed by atoms with Crippen LogP contribution in [0.3, 0.4) is 0 Å². The van der Waals surface area contributed by atoms with Crippen LogP contribution in [0.2, 0.25) is 0 Å². The first-order valence-corrected chi connectivity index (χ1v) is 4.89. The van der Waals surface area contributed by atoms with Crippen LogP contribution in [-0.4, -0.2) is 13.1 Å². The smallest absolute Gasteiger partial charge is 0.308 e. The van der Waals surface area contributed by atoms with Crippen LogP contribution in [0.1, 0.15) is 26.7 Å². The molecule has 2 heteroatoms. The molecule has 0 spiro atoms. The fourth-order valence-electron chi connectivity index (χ4n) is 1.77. The van der Waals surface area contributed by atoms with Crippen molar-refractivity contribution in [3.8, 4) is 0 Å². The van der Waals surface area contributed by atoms with Gasteiger partial charge in [-0.25, -0.2) is 0 Å². The molecule has 1 aliphatic carbocycles. The number of carbonyl (C=O) groups is 1. The summed E-state index contributed by atoms with van der Waals surface area (Å²) in [6, 6.07) is 0. The maximum atomic E-state index is 11.3. The lowest BCUT2D eigenvalue weighted by Gasteiger charge is -2.25. The maximum Gasteiger partial charge on any atom is 0.308 e. The fraction of sp³-hybridized carbons (Fsp3) is 0.727. The molecule has 13 heavy (non-hydrogen) atoms. The lowest BCUT2D eigenvalue weighted by molar-refractivity contribution is -0.146. The minimum Gasteiger partial charge on any atom is -0.469 e. The van der Waals surface area contributed by atoms with Crippen molar-refractivity contribution in [3.05, 3.63) is 12.2 Å². The Hall–Kier alpha value is -0.790. The molecule has 0 aromatic carbocycles. The van der Waals surface area contributed by atoms with E-state index in [-0.39, 0.29) is 11.9 Å². The molecule has 0 aromatic rings. The van der Waals surface area contributed by atoms with Gasteiger partial charge in [-0.15, -0.1) is 0 Å². The maximum absolute atomic E-state index is 11.3. The van der Waals surface area contributed by atoms with Crippen LogP contribution in [0.15, 0.2) is 12.2 Å². The Kier molecular flexibility index (Phi) is 3.52. The number of allylic oxidation sites excluding steroid dienone is 2. The summed E-state index contributed by atoms with van der Waals surface area (Å²) in [4.78, 5) is 11.3. The van der Waals surface area contributed by atoms with Gasteiger partial charge in [0.2, 0.25) is 0 Å². The lowest BCUT2D eigenvalue weighted by atomic mass is 9.81. The molecular formula is C11H18O2. The van der Waals surface area contributed by atoms with Crippen molar-refractivity contribution >= 4 is 5.97 Å². The van der Waals surface area contributed by atoms with E-state index in [0.717, 1.165) is 12.8 Å². The van der Waals surface area contributed by atoms with E-state index in [1.807, 2.05) is 0 Å². The van der Waals surface area contributed by atoms with E-state index in [1.165, 1.54) is 7.11 Å². The number of methoxy groups -OCH3 is 1. The molecule has 0 bridgehead atoms. The average molecular weight is 182 g/mol. The Balaban J connectivity index is 2.55. The highest BCUT2D eigenvalue weighted by atomic mass is 16.5. The zero-order valence-corrected chi connectivity index (χ0v) is 8.62. The summed E-state index contributed by atoms with van der Waals surface area (Å²) in [5.74, 6) is 1.18. The molecule has 0 radical (unpaired) electrons. The van der Waals surface area contributed by atoms with Crippen LogP contribution < -0.4 is 0 Å². The number of esters is 1. The Morgan fingerprint density at radius 2 is 2.23 bits per heavy atom. The first-order valence-electron chi connectivity index (χ1n) is 4.89. The number of hydrogen-bond acceptors (Lipinski definition) is 2. The van der Waals surface area contributed by atoms with Gasteiger partial charge in [-0.2, -0.15) is 0 Å². The summed E-state index contributed by atoms with van der Waals surface area (Å²) >= 11 is 0. The summed E-state index contributed by atoms with van der Waals surface area (Å²) in [5.41, 5.74) is 0. The Morgan fingerprint density at radius 1 is 1.54 bits per heavy atom. The van der Waals surface area contributed by atoms with Crippen molar-refractivity contribution in [1.29, 1.82) is 0 Å². The van der Waals surface area contributed by atoms with E-state index in [9.17, 15) is 4.79 Å². The van der Waals surface area contributed by atoms with E-state index in [1.54, 1.807) is 0 Å². The molecule has 0 unspecified atom stereocenters. The quantitative estimate of drug-likeness (QED) is 0.484. The summed E-state index contributed by atoms with van der Waals surface area (Å²) in [7, 11) is 1.46. The van der Waals surface area contributed by atoms with Crippen LogP contribution in [-0.2, 0) is 9.53 Å². The highest BCUT2D eigenvalue weighted by Crippen LogP contribution is 2.29. The van der Waals surface area contributed by atoms with Gasteiger partial charge in [0.05, 0.1) is 13.0 Å². The zero-order chi connectivity index (χ0) is 9.84. The van der Waals surface area contributed by atoms with E-state index in [0.29, 0.717) is 11.8 Å². The molecule has 0 saturated heterocycles. The molecule has 0 aromatic heterocycles. The Morgan fingerprint density at radius 3 is 2.77 bits per heavy atom. The van der Waals surface area contributed by atoms with E-state index < -0.39 is 0 Å². The number of ether oxygens (including phenoxy) is 1. The monoisotopic (exact) mass is 182 g/mol. The fourth-order valence-corrected chi connectivity index (χ4v) is 1.77. The molecule has 0 N–H and O–H groups in total. The first kappa shape index (κ1) is 10.3. The van der Waals surface area contributed by atoms with E-state index in [4.69, 9.17) is 4.74 Å². The highest BCUT2D eigenvalue weighted by Gasteiger charge is 2.25. The van der Waals surface area contributed by atoms with Gasteiger partial charge in [-0.05, 0) is 24.7 Å². The summed E-state index contributed by atoms with van der Waals surface area (Å²) < 4.78 is 4.74. The molecule has 0 aliphatic heterocycles. The highest BCUT2D eigenvalue weighted by molar-refractivity contribution is 5.72. The van der Waals surface area contributed by atoms with Gasteiger partial charge in [-0.1, -0.05) is 26.0 Å². The first-order chi connectivity index (χ1) is 6.15. The molecule has 2 nitrogen and oxygen atoms in total. The Bertz CT molecular complexity index is 206. The van der Waals surface area contributed by atoms with E-state index in [2.05, 4.69) is 26.0 Å². The van der Waals surface area contributed by atoms with Crippen molar-refractivity contribution in [2.75, 3.05) is 7.11 Å². The zero-order valence-electron chi connectivity index (χ0n) is 8.62. The Labute approximate surface area is 80.0 Å². The van der Waals surface area contributed by atoms with Gasteiger partial charge in [0.25, 0.3) is 0 Å². The largest absolute Gasteiger partial charge is 0.469 e. The summed E-state index contributed by atoms with van der Waals surface area (Å²) in [5, 5.41) is 0.